The van der Waals surface area contributed by atoms with Gasteiger partial charge >= 0.3 is 5.97 Å². The first-order valence-corrected chi connectivity index (χ1v) is 9.95. The van der Waals surface area contributed by atoms with Crippen molar-refractivity contribution < 1.29 is 18.7 Å². The highest BCUT2D eigenvalue weighted by Gasteiger charge is 2.29. The number of amides is 1. The highest BCUT2D eigenvalue weighted by atomic mass is 19.1. The minimum atomic E-state index is -0.386. The van der Waals surface area contributed by atoms with Crippen molar-refractivity contribution in [1.82, 2.24) is 10.2 Å². The molecule has 3 rings (SSSR count). The number of nitrogens with zero attached hydrogens (tertiary/aromatic N) is 1. The molecule has 0 saturated carbocycles. The number of halogens is 1. The molecule has 154 valence electrons. The van der Waals surface area contributed by atoms with Gasteiger partial charge < -0.3 is 10.1 Å². The largest absolute Gasteiger partial charge is 0.465 e. The van der Waals surface area contributed by atoms with Gasteiger partial charge in [0.05, 0.1) is 24.8 Å². The van der Waals surface area contributed by atoms with E-state index in [1.165, 1.54) is 19.2 Å². The molecule has 1 unspecified atom stereocenters. The molecule has 5 nitrogen and oxygen atoms in total. The molecule has 1 heterocycles. The molecule has 29 heavy (non-hydrogen) atoms. The van der Waals surface area contributed by atoms with Crippen LogP contribution in [0.3, 0.4) is 0 Å². The zero-order chi connectivity index (χ0) is 20.8. The van der Waals surface area contributed by atoms with E-state index < -0.39 is 0 Å². The zero-order valence-corrected chi connectivity index (χ0v) is 16.9. The van der Waals surface area contributed by atoms with Crippen molar-refractivity contribution >= 4 is 11.9 Å². The number of hydrogen-bond acceptors (Lipinski definition) is 4. The second-order valence-corrected chi connectivity index (χ2v) is 7.46. The molecule has 0 aliphatic carbocycles. The summed E-state index contributed by atoms with van der Waals surface area (Å²) < 4.78 is 18.2. The number of hydrogen-bond donors (Lipinski definition) is 1. The lowest BCUT2D eigenvalue weighted by Gasteiger charge is -2.35. The summed E-state index contributed by atoms with van der Waals surface area (Å²) >= 11 is 0. The first kappa shape index (κ1) is 21.0. The van der Waals surface area contributed by atoms with Crippen molar-refractivity contribution in [3.8, 4) is 0 Å². The quantitative estimate of drug-likeness (QED) is 0.751. The molecule has 0 spiro atoms. The SMILES string of the molecule is COC(=O)c1ccc([C@H](C)NC(=O)C2CCCCN2Cc2cccc(F)c2)cc1. The number of carbonyl (C=O) groups excluding carboxylic acids is 2. The summed E-state index contributed by atoms with van der Waals surface area (Å²) in [5, 5.41) is 3.08. The molecule has 1 aliphatic heterocycles. The summed E-state index contributed by atoms with van der Waals surface area (Å²) in [5.41, 5.74) is 2.26. The average molecular weight is 398 g/mol. The van der Waals surface area contributed by atoms with E-state index >= 15 is 0 Å². The van der Waals surface area contributed by atoms with Gasteiger partial charge in [0.2, 0.25) is 5.91 Å². The lowest BCUT2D eigenvalue weighted by Crippen LogP contribution is -2.49. The van der Waals surface area contributed by atoms with Gasteiger partial charge in [0, 0.05) is 6.54 Å². The molecular formula is C23H27FN2O3. The first-order chi connectivity index (χ1) is 14.0. The summed E-state index contributed by atoms with van der Waals surface area (Å²) in [6.45, 7) is 3.29. The lowest BCUT2D eigenvalue weighted by atomic mass is 9.99. The van der Waals surface area contributed by atoms with E-state index in [-0.39, 0.29) is 29.8 Å². The molecular weight excluding hydrogens is 371 g/mol. The third-order valence-electron chi connectivity index (χ3n) is 5.38. The van der Waals surface area contributed by atoms with Crippen LogP contribution in [0, 0.1) is 5.82 Å². The topological polar surface area (TPSA) is 58.6 Å². The Bertz CT molecular complexity index is 853. The molecule has 1 N–H and O–H groups in total. The van der Waals surface area contributed by atoms with Gasteiger partial charge in [-0.25, -0.2) is 9.18 Å². The van der Waals surface area contributed by atoms with Gasteiger partial charge in [-0.15, -0.1) is 0 Å². The van der Waals surface area contributed by atoms with E-state index in [9.17, 15) is 14.0 Å². The zero-order valence-electron chi connectivity index (χ0n) is 16.9. The van der Waals surface area contributed by atoms with E-state index in [1.54, 1.807) is 18.2 Å². The Balaban J connectivity index is 1.64. The second-order valence-electron chi connectivity index (χ2n) is 7.46. The van der Waals surface area contributed by atoms with Crippen LogP contribution in [0.2, 0.25) is 0 Å². The highest BCUT2D eigenvalue weighted by Crippen LogP contribution is 2.22. The Morgan fingerprint density at radius 2 is 1.97 bits per heavy atom. The third kappa shape index (κ3) is 5.41. The Labute approximate surface area is 170 Å². The number of nitrogens with one attached hydrogen (secondary N) is 1. The molecule has 0 bridgehead atoms. The lowest BCUT2D eigenvalue weighted by molar-refractivity contribution is -0.128. The van der Waals surface area contributed by atoms with Gasteiger partial charge in [-0.2, -0.15) is 0 Å². The van der Waals surface area contributed by atoms with Crippen LogP contribution in [0.15, 0.2) is 48.5 Å². The molecule has 0 radical (unpaired) electrons. The van der Waals surface area contributed by atoms with Crippen LogP contribution in [0.1, 0.15) is 53.7 Å². The molecule has 2 aromatic rings. The average Bonchev–Trinajstić information content (AvgIpc) is 2.73. The minimum absolute atomic E-state index is 0.0225. The normalized spacial score (nSPS) is 18.1. The van der Waals surface area contributed by atoms with E-state index in [4.69, 9.17) is 4.74 Å². The Morgan fingerprint density at radius 3 is 2.66 bits per heavy atom. The molecule has 2 aromatic carbocycles. The molecule has 1 aliphatic rings. The Kier molecular flexibility index (Phi) is 6.99. The summed E-state index contributed by atoms with van der Waals surface area (Å²) in [5.74, 6) is -0.668. The van der Waals surface area contributed by atoms with Crippen molar-refractivity contribution in [2.45, 2.75) is 44.8 Å². The number of rotatable bonds is 6. The molecule has 1 saturated heterocycles. The molecule has 2 atom stereocenters. The third-order valence-corrected chi connectivity index (χ3v) is 5.38. The Hall–Kier alpha value is -2.73. The number of esters is 1. The molecule has 1 fully saturated rings. The van der Waals surface area contributed by atoms with Crippen molar-refractivity contribution in [2.75, 3.05) is 13.7 Å². The number of ether oxygens (including phenoxy) is 1. The van der Waals surface area contributed by atoms with Crippen LogP contribution in [-0.2, 0) is 16.1 Å². The van der Waals surface area contributed by atoms with Crippen LogP contribution in [0.25, 0.3) is 0 Å². The fraction of sp³-hybridized carbons (Fsp3) is 0.391. The second kappa shape index (κ2) is 9.65. The van der Waals surface area contributed by atoms with Crippen LogP contribution in [0.5, 0.6) is 0 Å². The standard InChI is InChI=1S/C23H27FN2O3/c1-16(18-9-11-19(12-10-18)23(28)29-2)25-22(27)21-8-3-4-13-26(21)15-17-6-5-7-20(24)14-17/h5-7,9-12,14,16,21H,3-4,8,13,15H2,1-2H3,(H,25,27)/t16-,21?/m0/s1. The van der Waals surface area contributed by atoms with Gasteiger partial charge in [-0.05, 0) is 61.7 Å². The van der Waals surface area contributed by atoms with Crippen molar-refractivity contribution in [3.05, 3.63) is 71.0 Å². The van der Waals surface area contributed by atoms with E-state index in [2.05, 4.69) is 10.2 Å². The summed E-state index contributed by atoms with van der Waals surface area (Å²) in [7, 11) is 1.35. The van der Waals surface area contributed by atoms with Gasteiger partial charge in [-0.3, -0.25) is 9.69 Å². The maximum absolute atomic E-state index is 13.5. The van der Waals surface area contributed by atoms with Gasteiger partial charge in [-0.1, -0.05) is 30.7 Å². The maximum atomic E-state index is 13.5. The Morgan fingerprint density at radius 1 is 1.21 bits per heavy atom. The minimum Gasteiger partial charge on any atom is -0.465 e. The van der Waals surface area contributed by atoms with Crippen LogP contribution >= 0.6 is 0 Å². The molecule has 0 aromatic heterocycles. The highest BCUT2D eigenvalue weighted by molar-refractivity contribution is 5.89. The van der Waals surface area contributed by atoms with Crippen LogP contribution in [-0.4, -0.2) is 36.5 Å². The molecule has 6 heteroatoms. The van der Waals surface area contributed by atoms with Crippen molar-refractivity contribution in [3.63, 3.8) is 0 Å². The van der Waals surface area contributed by atoms with E-state index in [1.807, 2.05) is 25.1 Å². The van der Waals surface area contributed by atoms with Gasteiger partial charge in [0.15, 0.2) is 0 Å². The van der Waals surface area contributed by atoms with E-state index in [0.717, 1.165) is 36.9 Å². The predicted molar refractivity (Wildman–Crippen MR) is 109 cm³/mol. The number of carbonyl (C=O) groups is 2. The first-order valence-electron chi connectivity index (χ1n) is 9.95. The van der Waals surface area contributed by atoms with Crippen LogP contribution in [0.4, 0.5) is 4.39 Å². The summed E-state index contributed by atoms with van der Waals surface area (Å²) in [4.78, 5) is 26.7. The van der Waals surface area contributed by atoms with Gasteiger partial charge in [0.1, 0.15) is 5.82 Å². The number of benzene rings is 2. The number of piperidine rings is 1. The smallest absolute Gasteiger partial charge is 0.337 e. The summed E-state index contributed by atoms with van der Waals surface area (Å²) in [6, 6.07) is 13.1. The van der Waals surface area contributed by atoms with E-state index in [0.29, 0.717) is 12.1 Å². The van der Waals surface area contributed by atoms with Crippen molar-refractivity contribution in [2.24, 2.45) is 0 Å². The van der Waals surface area contributed by atoms with Gasteiger partial charge in [0.25, 0.3) is 0 Å². The fourth-order valence-corrected chi connectivity index (χ4v) is 3.77. The summed E-state index contributed by atoms with van der Waals surface area (Å²) in [6.07, 6.45) is 2.82. The molecule has 1 amide bonds. The fourth-order valence-electron chi connectivity index (χ4n) is 3.77. The maximum Gasteiger partial charge on any atom is 0.337 e. The number of methoxy groups -OCH3 is 1. The van der Waals surface area contributed by atoms with Crippen molar-refractivity contribution in [1.29, 1.82) is 0 Å². The van der Waals surface area contributed by atoms with Crippen LogP contribution < -0.4 is 5.32 Å². The monoisotopic (exact) mass is 398 g/mol. The number of likely N-dealkylation sites (tertiary alicyclic amines) is 1. The predicted octanol–water partition coefficient (Wildman–Crippen LogP) is 3.84.